The van der Waals surface area contributed by atoms with Crippen LogP contribution >= 0.6 is 35.6 Å². The van der Waals surface area contributed by atoms with Gasteiger partial charge in [-0.1, -0.05) is 30.1 Å². The van der Waals surface area contributed by atoms with E-state index in [1.165, 1.54) is 18.2 Å². The monoisotopic (exact) mass is 353 g/mol. The largest absolute Gasteiger partial charge is 0.354 e. The number of rotatable bonds is 6. The average Bonchev–Trinajstić information content (AvgIpc) is 2.44. The Morgan fingerprint density at radius 1 is 1.24 bits per heavy atom. The molecule has 1 aromatic rings. The zero-order chi connectivity index (χ0) is 15.1. The van der Waals surface area contributed by atoms with Crippen LogP contribution in [0.3, 0.4) is 0 Å². The molecule has 0 spiro atoms. The molecule has 0 saturated carbocycles. The number of nitrogens with one attached hydrogen (secondary N) is 2. The Labute approximate surface area is 140 Å². The maximum Gasteiger partial charge on any atom is 0.251 e. The Hall–Kier alpha value is -1.01. The molecule has 0 aromatic heterocycles. The molecule has 1 rings (SSSR count). The van der Waals surface area contributed by atoms with Gasteiger partial charge in [0.2, 0.25) is 5.91 Å². The summed E-state index contributed by atoms with van der Waals surface area (Å²) < 4.78 is 0. The van der Waals surface area contributed by atoms with Gasteiger partial charge in [0, 0.05) is 12.1 Å². The highest BCUT2D eigenvalue weighted by atomic mass is 35.5. The lowest BCUT2D eigenvalue weighted by atomic mass is 10.2. The van der Waals surface area contributed by atoms with E-state index < -0.39 is 0 Å². The van der Waals surface area contributed by atoms with E-state index in [0.717, 1.165) is 0 Å². The molecule has 5 nitrogen and oxygen atoms in total. The number of nitrogens with two attached hydrogens (primary N) is 1. The third-order valence-corrected chi connectivity index (χ3v) is 3.38. The molecule has 1 aromatic carbocycles. The Morgan fingerprint density at radius 3 is 2.48 bits per heavy atom. The number of hydrogen-bond donors (Lipinski definition) is 3. The molecule has 8 heteroatoms. The lowest BCUT2D eigenvalue weighted by Crippen LogP contribution is -2.39. The van der Waals surface area contributed by atoms with Crippen molar-refractivity contribution in [3.63, 3.8) is 0 Å². The quantitative estimate of drug-likeness (QED) is 0.729. The lowest BCUT2D eigenvalue weighted by Gasteiger charge is -2.10. The molecule has 0 radical (unpaired) electrons. The molecule has 0 bridgehead atoms. The van der Waals surface area contributed by atoms with Crippen molar-refractivity contribution in [1.82, 2.24) is 10.6 Å². The first kappa shape index (κ1) is 20.0. The summed E-state index contributed by atoms with van der Waals surface area (Å²) in [4.78, 5) is 23.3. The lowest BCUT2D eigenvalue weighted by molar-refractivity contribution is -0.120. The Kier molecular flexibility index (Phi) is 9.37. The van der Waals surface area contributed by atoms with E-state index in [1.54, 1.807) is 0 Å². The van der Waals surface area contributed by atoms with Gasteiger partial charge in [0.25, 0.3) is 5.91 Å². The number of benzene rings is 1. The van der Waals surface area contributed by atoms with E-state index in [2.05, 4.69) is 10.6 Å². The molecule has 0 heterocycles. The fourth-order valence-corrected chi connectivity index (χ4v) is 1.63. The minimum atomic E-state index is -0.384. The first-order valence-corrected chi connectivity index (χ1v) is 6.89. The smallest absolute Gasteiger partial charge is 0.251 e. The van der Waals surface area contributed by atoms with E-state index in [0.29, 0.717) is 28.7 Å². The van der Waals surface area contributed by atoms with E-state index in [9.17, 15) is 9.59 Å². The summed E-state index contributed by atoms with van der Waals surface area (Å²) in [7, 11) is 0. The van der Waals surface area contributed by atoms with Gasteiger partial charge in [-0.05, 0) is 30.7 Å². The molecule has 1 atom stereocenters. The average molecular weight is 355 g/mol. The highest BCUT2D eigenvalue weighted by molar-refractivity contribution is 6.42. The van der Waals surface area contributed by atoms with Crippen molar-refractivity contribution in [3.05, 3.63) is 33.8 Å². The van der Waals surface area contributed by atoms with Crippen LogP contribution in [0, 0.1) is 5.92 Å². The maximum atomic E-state index is 11.8. The fourth-order valence-electron chi connectivity index (χ4n) is 1.33. The summed E-state index contributed by atoms with van der Waals surface area (Å²) >= 11 is 11.6. The highest BCUT2D eigenvalue weighted by Gasteiger charge is 2.10. The minimum Gasteiger partial charge on any atom is -0.354 e. The van der Waals surface area contributed by atoms with Gasteiger partial charge in [0.05, 0.1) is 16.6 Å². The number of amides is 2. The van der Waals surface area contributed by atoms with Crippen molar-refractivity contribution in [3.8, 4) is 0 Å². The van der Waals surface area contributed by atoms with Gasteiger partial charge >= 0.3 is 0 Å². The van der Waals surface area contributed by atoms with Gasteiger partial charge in [-0.2, -0.15) is 0 Å². The van der Waals surface area contributed by atoms with Crippen molar-refractivity contribution < 1.29 is 9.59 Å². The van der Waals surface area contributed by atoms with Crippen molar-refractivity contribution in [1.29, 1.82) is 0 Å². The molecule has 1 unspecified atom stereocenters. The summed E-state index contributed by atoms with van der Waals surface area (Å²) in [5.74, 6) is -0.450. The van der Waals surface area contributed by atoms with Crippen LogP contribution < -0.4 is 16.4 Å². The fraction of sp³-hybridized carbons (Fsp3) is 0.385. The summed E-state index contributed by atoms with van der Waals surface area (Å²) in [6.07, 6.45) is 0. The van der Waals surface area contributed by atoms with Crippen molar-refractivity contribution in [2.45, 2.75) is 6.92 Å². The second-order valence-electron chi connectivity index (χ2n) is 4.46. The molecule has 0 aliphatic rings. The molecule has 21 heavy (non-hydrogen) atoms. The minimum absolute atomic E-state index is 0. The second kappa shape index (κ2) is 9.84. The van der Waals surface area contributed by atoms with E-state index in [1.807, 2.05) is 6.92 Å². The SMILES string of the molecule is CC(CN)CNC(=O)CNC(=O)c1ccc(Cl)c(Cl)c1.Cl. The summed E-state index contributed by atoms with van der Waals surface area (Å²) in [6, 6.07) is 4.52. The van der Waals surface area contributed by atoms with Crippen LogP contribution in [-0.4, -0.2) is 31.4 Å². The third-order valence-electron chi connectivity index (χ3n) is 2.64. The standard InChI is InChI=1S/C13H17Cl2N3O2.ClH/c1-8(5-16)6-17-12(19)7-18-13(20)9-2-3-10(14)11(15)4-9;/h2-4,8H,5-7,16H2,1H3,(H,17,19)(H,18,20);1H. The Balaban J connectivity index is 0.00000400. The predicted octanol–water partition coefficient (Wildman–Crippen LogP) is 1.86. The van der Waals surface area contributed by atoms with Crippen molar-refractivity contribution in [2.24, 2.45) is 11.7 Å². The van der Waals surface area contributed by atoms with Crippen molar-refractivity contribution in [2.75, 3.05) is 19.6 Å². The summed E-state index contributed by atoms with van der Waals surface area (Å²) in [6.45, 7) is 2.80. The maximum absolute atomic E-state index is 11.8. The van der Waals surface area contributed by atoms with Crippen LogP contribution in [0.15, 0.2) is 18.2 Å². The third kappa shape index (κ3) is 7.00. The molecular formula is C13H18Cl3N3O2. The van der Waals surface area contributed by atoms with E-state index in [4.69, 9.17) is 28.9 Å². The van der Waals surface area contributed by atoms with Crippen LogP contribution in [-0.2, 0) is 4.79 Å². The summed E-state index contributed by atoms with van der Waals surface area (Å²) in [5, 5.41) is 5.85. The molecule has 4 N–H and O–H groups in total. The van der Waals surface area contributed by atoms with Gasteiger partial charge in [-0.15, -0.1) is 12.4 Å². The predicted molar refractivity (Wildman–Crippen MR) is 87.3 cm³/mol. The normalized spacial score (nSPS) is 11.2. The molecule has 0 aliphatic heterocycles. The van der Waals surface area contributed by atoms with Gasteiger partial charge in [-0.3, -0.25) is 9.59 Å². The zero-order valence-electron chi connectivity index (χ0n) is 11.5. The molecule has 2 amide bonds. The van der Waals surface area contributed by atoms with Crippen LogP contribution in [0.2, 0.25) is 10.0 Å². The first-order chi connectivity index (χ1) is 9.43. The first-order valence-electron chi connectivity index (χ1n) is 6.14. The van der Waals surface area contributed by atoms with Gasteiger partial charge in [0.1, 0.15) is 0 Å². The van der Waals surface area contributed by atoms with Crippen LogP contribution in [0.1, 0.15) is 17.3 Å². The zero-order valence-corrected chi connectivity index (χ0v) is 13.8. The van der Waals surface area contributed by atoms with Crippen LogP contribution in [0.4, 0.5) is 0 Å². The summed E-state index contributed by atoms with van der Waals surface area (Å²) in [5.41, 5.74) is 5.79. The van der Waals surface area contributed by atoms with E-state index >= 15 is 0 Å². The molecule has 0 saturated heterocycles. The number of halogens is 3. The number of carbonyl (C=O) groups excluding carboxylic acids is 2. The van der Waals surface area contributed by atoms with E-state index in [-0.39, 0.29) is 36.7 Å². The highest BCUT2D eigenvalue weighted by Crippen LogP contribution is 2.22. The Morgan fingerprint density at radius 2 is 1.90 bits per heavy atom. The number of hydrogen-bond acceptors (Lipinski definition) is 3. The topological polar surface area (TPSA) is 84.2 Å². The van der Waals surface area contributed by atoms with Crippen LogP contribution in [0.25, 0.3) is 0 Å². The van der Waals surface area contributed by atoms with Crippen molar-refractivity contribution >= 4 is 47.4 Å². The van der Waals surface area contributed by atoms with Crippen LogP contribution in [0.5, 0.6) is 0 Å². The molecule has 0 fully saturated rings. The van der Waals surface area contributed by atoms with Gasteiger partial charge in [0.15, 0.2) is 0 Å². The second-order valence-corrected chi connectivity index (χ2v) is 5.27. The Bertz CT molecular complexity index is 498. The van der Waals surface area contributed by atoms with Gasteiger partial charge in [-0.25, -0.2) is 0 Å². The molecule has 0 aliphatic carbocycles. The molecular weight excluding hydrogens is 337 g/mol. The number of carbonyl (C=O) groups is 2. The van der Waals surface area contributed by atoms with Gasteiger partial charge < -0.3 is 16.4 Å². The molecule has 118 valence electrons.